The van der Waals surface area contributed by atoms with Crippen molar-refractivity contribution in [2.24, 2.45) is 0 Å². The molecule has 2 aliphatic rings. The third kappa shape index (κ3) is 4.49. The smallest absolute Gasteiger partial charge is 0.265 e. The van der Waals surface area contributed by atoms with Gasteiger partial charge in [0.2, 0.25) is 5.91 Å². The second-order valence-electron chi connectivity index (χ2n) is 7.52. The van der Waals surface area contributed by atoms with Gasteiger partial charge >= 0.3 is 0 Å². The number of fused-ring (bicyclic) bond motifs is 1. The lowest BCUT2D eigenvalue weighted by atomic mass is 9.96. The van der Waals surface area contributed by atoms with Crippen LogP contribution in [0.3, 0.4) is 0 Å². The molecule has 1 atom stereocenters. The number of nitrogens with one attached hydrogen (secondary N) is 1. The van der Waals surface area contributed by atoms with Crippen LogP contribution >= 0.6 is 0 Å². The minimum absolute atomic E-state index is 0.0950. The Hall–Kier alpha value is -2.37. The Kier molecular flexibility index (Phi) is 6.14. The molecule has 2 amide bonds. The average molecular weight is 372 g/mol. The zero-order valence-corrected chi connectivity index (χ0v) is 16.1. The van der Waals surface area contributed by atoms with Crippen molar-refractivity contribution < 1.29 is 19.1 Å². The molecule has 1 saturated carbocycles. The second kappa shape index (κ2) is 8.55. The van der Waals surface area contributed by atoms with Crippen molar-refractivity contribution in [1.82, 2.24) is 5.32 Å². The van der Waals surface area contributed by atoms with Crippen molar-refractivity contribution in [2.45, 2.75) is 70.9 Å². The third-order valence-corrected chi connectivity index (χ3v) is 5.46. The molecule has 0 aromatic heterocycles. The summed E-state index contributed by atoms with van der Waals surface area (Å²) >= 11 is 0. The van der Waals surface area contributed by atoms with Crippen molar-refractivity contribution in [3.63, 3.8) is 0 Å². The van der Waals surface area contributed by atoms with E-state index in [-0.39, 0.29) is 30.2 Å². The standard InChI is InChI=1S/C21H28N2O4/c1-14(21(26)22-17-8-6-4-3-5-7-9-17)23-18-12-16(15(2)24)10-11-19(18)27-13-20(23)25/h10-12,14,17H,3-9,13H2,1-2H3,(H,22,26). The van der Waals surface area contributed by atoms with Gasteiger partial charge in [-0.2, -0.15) is 0 Å². The van der Waals surface area contributed by atoms with Crippen molar-refractivity contribution in [3.05, 3.63) is 23.8 Å². The Morgan fingerprint density at radius 2 is 1.81 bits per heavy atom. The van der Waals surface area contributed by atoms with Gasteiger partial charge in [0, 0.05) is 11.6 Å². The summed E-state index contributed by atoms with van der Waals surface area (Å²) in [4.78, 5) is 38.6. The normalized spacial score (nSPS) is 19.3. The van der Waals surface area contributed by atoms with E-state index in [4.69, 9.17) is 4.74 Å². The fraction of sp³-hybridized carbons (Fsp3) is 0.571. The van der Waals surface area contributed by atoms with Gasteiger partial charge in [-0.05, 0) is 44.9 Å². The molecule has 0 saturated heterocycles. The number of rotatable bonds is 4. The van der Waals surface area contributed by atoms with Gasteiger partial charge in [0.25, 0.3) is 5.91 Å². The van der Waals surface area contributed by atoms with Gasteiger partial charge in [-0.3, -0.25) is 19.3 Å². The Bertz CT molecular complexity index is 723. The highest BCUT2D eigenvalue weighted by molar-refractivity contribution is 6.05. The van der Waals surface area contributed by atoms with Gasteiger partial charge in [0.05, 0.1) is 5.69 Å². The average Bonchev–Trinajstić information content (AvgIpc) is 2.62. The van der Waals surface area contributed by atoms with E-state index in [2.05, 4.69) is 5.32 Å². The van der Waals surface area contributed by atoms with Crippen LogP contribution in [0, 0.1) is 0 Å². The highest BCUT2D eigenvalue weighted by Gasteiger charge is 2.34. The number of Topliss-reactive ketones (excluding diaryl/α,β-unsaturated/α-hetero) is 1. The molecule has 1 heterocycles. The summed E-state index contributed by atoms with van der Waals surface area (Å²) in [5.41, 5.74) is 0.976. The zero-order valence-electron chi connectivity index (χ0n) is 16.1. The van der Waals surface area contributed by atoms with Crippen LogP contribution in [0.5, 0.6) is 5.75 Å². The zero-order chi connectivity index (χ0) is 19.4. The molecule has 1 aromatic carbocycles. The van der Waals surface area contributed by atoms with Crippen LogP contribution in [0.25, 0.3) is 0 Å². The molecule has 146 valence electrons. The van der Waals surface area contributed by atoms with Gasteiger partial charge in [0.1, 0.15) is 11.8 Å². The third-order valence-electron chi connectivity index (χ3n) is 5.46. The molecule has 0 bridgehead atoms. The Balaban J connectivity index is 1.78. The predicted molar refractivity (Wildman–Crippen MR) is 103 cm³/mol. The van der Waals surface area contributed by atoms with Gasteiger partial charge in [-0.25, -0.2) is 0 Å². The summed E-state index contributed by atoms with van der Waals surface area (Å²) in [6, 6.07) is 4.50. The number of ketones is 1. The lowest BCUT2D eigenvalue weighted by molar-refractivity contribution is -0.128. The topological polar surface area (TPSA) is 75.7 Å². The van der Waals surface area contributed by atoms with Crippen LogP contribution in [0.1, 0.15) is 69.2 Å². The van der Waals surface area contributed by atoms with Crippen LogP contribution in [-0.4, -0.2) is 36.3 Å². The van der Waals surface area contributed by atoms with Gasteiger partial charge in [0.15, 0.2) is 12.4 Å². The monoisotopic (exact) mass is 372 g/mol. The lowest BCUT2D eigenvalue weighted by Gasteiger charge is -2.34. The van der Waals surface area contributed by atoms with E-state index < -0.39 is 6.04 Å². The molecule has 6 nitrogen and oxygen atoms in total. The van der Waals surface area contributed by atoms with Crippen molar-refractivity contribution in [1.29, 1.82) is 0 Å². The second-order valence-corrected chi connectivity index (χ2v) is 7.52. The summed E-state index contributed by atoms with van der Waals surface area (Å²) in [6.07, 6.45) is 7.92. The quantitative estimate of drug-likeness (QED) is 0.824. The predicted octanol–water partition coefficient (Wildman–Crippen LogP) is 3.23. The van der Waals surface area contributed by atoms with E-state index in [1.807, 2.05) is 0 Å². The molecular weight excluding hydrogens is 344 g/mol. The molecule has 3 rings (SSSR count). The van der Waals surface area contributed by atoms with Crippen LogP contribution in [0.2, 0.25) is 0 Å². The molecule has 1 unspecified atom stereocenters. The van der Waals surface area contributed by atoms with E-state index in [9.17, 15) is 14.4 Å². The molecule has 0 spiro atoms. The minimum atomic E-state index is -0.659. The van der Waals surface area contributed by atoms with Gasteiger partial charge in [-0.15, -0.1) is 0 Å². The van der Waals surface area contributed by atoms with Crippen LogP contribution in [-0.2, 0) is 9.59 Å². The molecule has 1 fully saturated rings. The summed E-state index contributed by atoms with van der Waals surface area (Å²) in [6.45, 7) is 3.10. The number of anilines is 1. The summed E-state index contributed by atoms with van der Waals surface area (Å²) in [5.74, 6) is -0.00822. The minimum Gasteiger partial charge on any atom is -0.482 e. The van der Waals surface area contributed by atoms with Crippen LogP contribution < -0.4 is 15.0 Å². The van der Waals surface area contributed by atoms with Gasteiger partial charge in [-0.1, -0.05) is 32.1 Å². The number of carbonyl (C=O) groups is 3. The molecular formula is C21H28N2O4. The first kappa shape index (κ1) is 19.4. The van der Waals surface area contributed by atoms with E-state index in [1.165, 1.54) is 31.1 Å². The van der Waals surface area contributed by atoms with Crippen molar-refractivity contribution in [3.8, 4) is 5.75 Å². The van der Waals surface area contributed by atoms with E-state index in [0.29, 0.717) is 17.0 Å². The summed E-state index contributed by atoms with van der Waals surface area (Å²) < 4.78 is 5.48. The van der Waals surface area contributed by atoms with Crippen molar-refractivity contribution in [2.75, 3.05) is 11.5 Å². The highest BCUT2D eigenvalue weighted by atomic mass is 16.5. The van der Waals surface area contributed by atoms with Gasteiger partial charge < -0.3 is 10.1 Å². The SMILES string of the molecule is CC(=O)c1ccc2c(c1)N(C(C)C(=O)NC1CCCCCCC1)C(=O)CO2. The molecule has 1 aromatic rings. The first-order valence-electron chi connectivity index (χ1n) is 9.87. The molecule has 27 heavy (non-hydrogen) atoms. The molecule has 1 aliphatic heterocycles. The Labute approximate surface area is 160 Å². The number of hydrogen-bond acceptors (Lipinski definition) is 4. The van der Waals surface area contributed by atoms with Crippen LogP contribution in [0.4, 0.5) is 5.69 Å². The number of amides is 2. The largest absolute Gasteiger partial charge is 0.482 e. The number of benzene rings is 1. The van der Waals surface area contributed by atoms with Crippen LogP contribution in [0.15, 0.2) is 18.2 Å². The van der Waals surface area contributed by atoms with E-state index in [1.54, 1.807) is 25.1 Å². The van der Waals surface area contributed by atoms with E-state index >= 15 is 0 Å². The fourth-order valence-electron chi connectivity index (χ4n) is 3.85. The Morgan fingerprint density at radius 3 is 2.48 bits per heavy atom. The molecule has 1 N–H and O–H groups in total. The maximum atomic E-state index is 12.9. The molecule has 0 radical (unpaired) electrons. The first-order valence-corrected chi connectivity index (χ1v) is 9.87. The Morgan fingerprint density at radius 1 is 1.15 bits per heavy atom. The lowest BCUT2D eigenvalue weighted by Crippen LogP contribution is -2.53. The number of hydrogen-bond donors (Lipinski definition) is 1. The molecule has 1 aliphatic carbocycles. The van der Waals surface area contributed by atoms with E-state index in [0.717, 1.165) is 25.7 Å². The number of carbonyl (C=O) groups excluding carboxylic acids is 3. The number of ether oxygens (including phenoxy) is 1. The first-order chi connectivity index (χ1) is 13.0. The maximum absolute atomic E-state index is 12.9. The summed E-state index contributed by atoms with van der Waals surface area (Å²) in [7, 11) is 0. The molecule has 6 heteroatoms. The summed E-state index contributed by atoms with van der Waals surface area (Å²) in [5, 5.41) is 3.13. The highest BCUT2D eigenvalue weighted by Crippen LogP contribution is 2.34. The fourth-order valence-corrected chi connectivity index (χ4v) is 3.85. The maximum Gasteiger partial charge on any atom is 0.265 e. The van der Waals surface area contributed by atoms with Crippen molar-refractivity contribution >= 4 is 23.3 Å². The number of nitrogens with zero attached hydrogens (tertiary/aromatic N) is 1.